The maximum Gasteiger partial charge on any atom is 0.107 e. The van der Waals surface area contributed by atoms with Crippen molar-refractivity contribution in [2.24, 2.45) is 0 Å². The standard InChI is InChI=1S/C13H16ClN3OS/c1-2-7-17-12(8-15-16-17)13(18)9-19-11-5-3-10(14)4-6-11/h3-6,8,13,18H,2,7,9H2,1H3. The molecule has 102 valence electrons. The van der Waals surface area contributed by atoms with E-state index in [4.69, 9.17) is 11.6 Å². The van der Waals surface area contributed by atoms with Crippen LogP contribution >= 0.6 is 23.4 Å². The van der Waals surface area contributed by atoms with E-state index >= 15 is 0 Å². The van der Waals surface area contributed by atoms with Crippen molar-refractivity contribution in [2.45, 2.75) is 30.9 Å². The molecule has 2 rings (SSSR count). The van der Waals surface area contributed by atoms with Crippen LogP contribution in [0.5, 0.6) is 0 Å². The van der Waals surface area contributed by atoms with Gasteiger partial charge in [-0.25, -0.2) is 4.68 Å². The topological polar surface area (TPSA) is 50.9 Å². The lowest BCUT2D eigenvalue weighted by Gasteiger charge is -2.11. The Morgan fingerprint density at radius 1 is 1.37 bits per heavy atom. The Hall–Kier alpha value is -1.04. The summed E-state index contributed by atoms with van der Waals surface area (Å²) in [6.45, 7) is 2.85. The Kier molecular flexibility index (Phi) is 5.24. The molecule has 1 heterocycles. The molecule has 0 saturated carbocycles. The van der Waals surface area contributed by atoms with E-state index in [1.165, 1.54) is 0 Å². The van der Waals surface area contributed by atoms with Crippen molar-refractivity contribution in [3.63, 3.8) is 0 Å². The highest BCUT2D eigenvalue weighted by atomic mass is 35.5. The van der Waals surface area contributed by atoms with E-state index in [1.807, 2.05) is 24.3 Å². The van der Waals surface area contributed by atoms with Crippen molar-refractivity contribution in [2.75, 3.05) is 5.75 Å². The number of aryl methyl sites for hydroxylation is 1. The number of rotatable bonds is 6. The maximum atomic E-state index is 10.2. The summed E-state index contributed by atoms with van der Waals surface area (Å²) < 4.78 is 1.76. The SMILES string of the molecule is CCCn1nncc1C(O)CSc1ccc(Cl)cc1. The fraction of sp³-hybridized carbons (Fsp3) is 0.385. The van der Waals surface area contributed by atoms with Gasteiger partial charge in [0.25, 0.3) is 0 Å². The Labute approximate surface area is 121 Å². The molecule has 2 aromatic rings. The molecule has 0 aliphatic heterocycles. The minimum Gasteiger partial charge on any atom is -0.386 e. The highest BCUT2D eigenvalue weighted by Gasteiger charge is 2.14. The first-order valence-corrected chi connectivity index (χ1v) is 7.52. The summed E-state index contributed by atoms with van der Waals surface area (Å²) in [6, 6.07) is 7.58. The van der Waals surface area contributed by atoms with Gasteiger partial charge in [-0.3, -0.25) is 0 Å². The molecule has 1 aromatic carbocycles. The third-order valence-electron chi connectivity index (χ3n) is 2.65. The van der Waals surface area contributed by atoms with Crippen molar-refractivity contribution in [3.8, 4) is 0 Å². The van der Waals surface area contributed by atoms with Gasteiger partial charge in [-0.2, -0.15) is 0 Å². The van der Waals surface area contributed by atoms with E-state index < -0.39 is 6.10 Å². The predicted molar refractivity (Wildman–Crippen MR) is 77.4 cm³/mol. The van der Waals surface area contributed by atoms with E-state index in [2.05, 4.69) is 17.2 Å². The highest BCUT2D eigenvalue weighted by molar-refractivity contribution is 7.99. The van der Waals surface area contributed by atoms with Gasteiger partial charge in [0, 0.05) is 22.2 Å². The van der Waals surface area contributed by atoms with Crippen LogP contribution in [0.25, 0.3) is 0 Å². The molecule has 1 atom stereocenters. The van der Waals surface area contributed by atoms with Crippen molar-refractivity contribution in [1.29, 1.82) is 0 Å². The summed E-state index contributed by atoms with van der Waals surface area (Å²) in [5.74, 6) is 0.568. The maximum absolute atomic E-state index is 10.2. The Morgan fingerprint density at radius 3 is 2.79 bits per heavy atom. The predicted octanol–water partition coefficient (Wildman–Crippen LogP) is 3.17. The molecular weight excluding hydrogens is 282 g/mol. The molecule has 0 spiro atoms. The normalized spacial score (nSPS) is 12.6. The van der Waals surface area contributed by atoms with Crippen LogP contribution in [0.4, 0.5) is 0 Å². The van der Waals surface area contributed by atoms with Crippen LogP contribution in [-0.2, 0) is 6.54 Å². The third kappa shape index (κ3) is 3.96. The van der Waals surface area contributed by atoms with Crippen LogP contribution in [-0.4, -0.2) is 25.9 Å². The lowest BCUT2D eigenvalue weighted by molar-refractivity contribution is 0.191. The summed E-state index contributed by atoms with van der Waals surface area (Å²) >= 11 is 7.42. The molecule has 4 nitrogen and oxygen atoms in total. The average molecular weight is 298 g/mol. The number of nitrogens with zero attached hydrogens (tertiary/aromatic N) is 3. The van der Waals surface area contributed by atoms with Gasteiger partial charge < -0.3 is 5.11 Å². The van der Waals surface area contributed by atoms with Gasteiger partial charge in [-0.15, -0.1) is 16.9 Å². The van der Waals surface area contributed by atoms with Crippen LogP contribution in [0, 0.1) is 0 Å². The van der Waals surface area contributed by atoms with Crippen LogP contribution in [0.1, 0.15) is 25.1 Å². The molecule has 1 aromatic heterocycles. The number of benzene rings is 1. The van der Waals surface area contributed by atoms with E-state index in [1.54, 1.807) is 22.6 Å². The number of hydrogen-bond acceptors (Lipinski definition) is 4. The van der Waals surface area contributed by atoms with Gasteiger partial charge in [-0.1, -0.05) is 23.7 Å². The van der Waals surface area contributed by atoms with Crippen molar-refractivity contribution < 1.29 is 5.11 Å². The van der Waals surface area contributed by atoms with E-state index in [0.29, 0.717) is 5.75 Å². The Balaban J connectivity index is 1.95. The molecule has 6 heteroatoms. The summed E-state index contributed by atoms with van der Waals surface area (Å²) in [5.41, 5.74) is 0.767. The third-order valence-corrected chi connectivity index (χ3v) is 3.99. The van der Waals surface area contributed by atoms with Crippen LogP contribution in [0.2, 0.25) is 5.02 Å². The second-order valence-corrected chi connectivity index (χ2v) is 5.69. The fourth-order valence-electron chi connectivity index (χ4n) is 1.70. The molecule has 0 aliphatic carbocycles. The zero-order valence-corrected chi connectivity index (χ0v) is 12.2. The van der Waals surface area contributed by atoms with E-state index in [-0.39, 0.29) is 0 Å². The number of aliphatic hydroxyl groups excluding tert-OH is 1. The molecular formula is C13H16ClN3OS. The zero-order valence-electron chi connectivity index (χ0n) is 10.7. The highest BCUT2D eigenvalue weighted by Crippen LogP contribution is 2.25. The molecule has 1 N–H and O–H groups in total. The number of thioether (sulfide) groups is 1. The smallest absolute Gasteiger partial charge is 0.107 e. The first-order valence-electron chi connectivity index (χ1n) is 6.15. The molecule has 0 bridgehead atoms. The number of hydrogen-bond donors (Lipinski definition) is 1. The van der Waals surface area contributed by atoms with Gasteiger partial charge in [0.05, 0.1) is 11.9 Å². The minimum absolute atomic E-state index is 0.567. The minimum atomic E-state index is -0.567. The number of halogens is 1. The Morgan fingerprint density at radius 2 is 2.11 bits per heavy atom. The largest absolute Gasteiger partial charge is 0.386 e. The summed E-state index contributed by atoms with van der Waals surface area (Å²) in [5, 5.41) is 18.7. The quantitative estimate of drug-likeness (QED) is 0.832. The average Bonchev–Trinajstić information content (AvgIpc) is 2.86. The number of aromatic nitrogens is 3. The van der Waals surface area contributed by atoms with Crippen molar-refractivity contribution >= 4 is 23.4 Å². The van der Waals surface area contributed by atoms with Crippen molar-refractivity contribution in [1.82, 2.24) is 15.0 Å². The summed E-state index contributed by atoms with van der Waals surface area (Å²) in [4.78, 5) is 1.08. The van der Waals surface area contributed by atoms with Gasteiger partial charge in [0.1, 0.15) is 6.10 Å². The van der Waals surface area contributed by atoms with Gasteiger partial charge in [0.15, 0.2) is 0 Å². The lowest BCUT2D eigenvalue weighted by Crippen LogP contribution is -2.10. The first kappa shape index (κ1) is 14.4. The molecule has 0 aliphatic rings. The molecule has 0 radical (unpaired) electrons. The van der Waals surface area contributed by atoms with Gasteiger partial charge >= 0.3 is 0 Å². The molecule has 19 heavy (non-hydrogen) atoms. The monoisotopic (exact) mass is 297 g/mol. The zero-order chi connectivity index (χ0) is 13.7. The lowest BCUT2D eigenvalue weighted by atomic mass is 10.3. The molecule has 0 amide bonds. The molecule has 0 fully saturated rings. The van der Waals surface area contributed by atoms with E-state index in [0.717, 1.165) is 28.6 Å². The number of aliphatic hydroxyl groups is 1. The summed E-state index contributed by atoms with van der Waals surface area (Å²) in [7, 11) is 0. The van der Waals surface area contributed by atoms with Crippen molar-refractivity contribution in [3.05, 3.63) is 41.2 Å². The molecule has 0 saturated heterocycles. The molecule has 1 unspecified atom stereocenters. The van der Waals surface area contributed by atoms with Crippen LogP contribution in [0.3, 0.4) is 0 Å². The van der Waals surface area contributed by atoms with Crippen LogP contribution < -0.4 is 0 Å². The summed E-state index contributed by atoms with van der Waals surface area (Å²) in [6.07, 6.45) is 2.03. The fourth-order valence-corrected chi connectivity index (χ4v) is 2.68. The second-order valence-electron chi connectivity index (χ2n) is 4.16. The second kappa shape index (κ2) is 6.93. The Bertz CT molecular complexity index is 515. The van der Waals surface area contributed by atoms with Crippen LogP contribution in [0.15, 0.2) is 35.4 Å². The van der Waals surface area contributed by atoms with E-state index in [9.17, 15) is 5.11 Å². The first-order chi connectivity index (χ1) is 9.20. The van der Waals surface area contributed by atoms with Gasteiger partial charge in [-0.05, 0) is 30.7 Å². The van der Waals surface area contributed by atoms with Gasteiger partial charge in [0.2, 0.25) is 0 Å².